The summed E-state index contributed by atoms with van der Waals surface area (Å²) in [4.78, 5) is 2.38. The molecule has 0 bridgehead atoms. The molecule has 1 saturated heterocycles. The van der Waals surface area contributed by atoms with Crippen molar-refractivity contribution in [2.24, 2.45) is 5.92 Å². The highest BCUT2D eigenvalue weighted by molar-refractivity contribution is 5.58. The second kappa shape index (κ2) is 8.52. The highest BCUT2D eigenvalue weighted by atomic mass is 19.1. The molecule has 28 heavy (non-hydrogen) atoms. The predicted molar refractivity (Wildman–Crippen MR) is 107 cm³/mol. The lowest BCUT2D eigenvalue weighted by Gasteiger charge is -2.34. The summed E-state index contributed by atoms with van der Waals surface area (Å²) in [6, 6.07) is 12.8. The molecule has 0 atom stereocenters. The van der Waals surface area contributed by atoms with E-state index in [1.807, 2.05) is 18.2 Å². The SMILES string of the molecule is COc1ccccc1N1CCC(CNCC2=COc3cccc(F)c3O2)CC1. The molecule has 2 heterocycles. The Labute approximate surface area is 164 Å². The van der Waals surface area contributed by atoms with Gasteiger partial charge in [-0.15, -0.1) is 0 Å². The van der Waals surface area contributed by atoms with Gasteiger partial charge in [0.05, 0.1) is 19.3 Å². The van der Waals surface area contributed by atoms with Gasteiger partial charge in [0.25, 0.3) is 0 Å². The van der Waals surface area contributed by atoms with E-state index in [-0.39, 0.29) is 5.75 Å². The van der Waals surface area contributed by atoms with Crippen molar-refractivity contribution in [1.82, 2.24) is 5.32 Å². The van der Waals surface area contributed by atoms with Gasteiger partial charge in [0.2, 0.25) is 5.75 Å². The number of nitrogens with one attached hydrogen (secondary N) is 1. The van der Waals surface area contributed by atoms with Crippen LogP contribution in [0.5, 0.6) is 17.2 Å². The van der Waals surface area contributed by atoms with Crippen molar-refractivity contribution in [3.63, 3.8) is 0 Å². The molecule has 2 aliphatic rings. The monoisotopic (exact) mass is 384 g/mol. The van der Waals surface area contributed by atoms with Crippen LogP contribution in [0.3, 0.4) is 0 Å². The van der Waals surface area contributed by atoms with Gasteiger partial charge in [0, 0.05) is 13.1 Å². The van der Waals surface area contributed by atoms with Gasteiger partial charge in [-0.25, -0.2) is 4.39 Å². The molecule has 5 nitrogen and oxygen atoms in total. The number of nitrogens with zero attached hydrogens (tertiary/aromatic N) is 1. The molecule has 1 fully saturated rings. The minimum absolute atomic E-state index is 0.159. The summed E-state index contributed by atoms with van der Waals surface area (Å²) in [5.74, 6) is 2.27. The molecular weight excluding hydrogens is 359 g/mol. The highest BCUT2D eigenvalue weighted by Crippen LogP contribution is 2.34. The molecule has 6 heteroatoms. The van der Waals surface area contributed by atoms with E-state index in [1.54, 1.807) is 25.5 Å². The Bertz CT molecular complexity index is 847. The number of ether oxygens (including phenoxy) is 3. The van der Waals surface area contributed by atoms with Crippen molar-refractivity contribution >= 4 is 5.69 Å². The number of para-hydroxylation sites is 3. The third-order valence-electron chi connectivity index (χ3n) is 5.25. The summed E-state index contributed by atoms with van der Waals surface area (Å²) in [5.41, 5.74) is 1.16. The normalized spacial score (nSPS) is 16.6. The summed E-state index contributed by atoms with van der Waals surface area (Å²) in [6.07, 6.45) is 3.76. The molecule has 0 spiro atoms. The fourth-order valence-electron chi connectivity index (χ4n) is 3.71. The van der Waals surface area contributed by atoms with Gasteiger partial charge < -0.3 is 24.4 Å². The first-order valence-electron chi connectivity index (χ1n) is 9.65. The topological polar surface area (TPSA) is 43.0 Å². The molecule has 2 aromatic carbocycles. The van der Waals surface area contributed by atoms with Crippen molar-refractivity contribution in [1.29, 1.82) is 0 Å². The van der Waals surface area contributed by atoms with E-state index >= 15 is 0 Å². The first-order chi connectivity index (χ1) is 13.7. The standard InChI is InChI=1S/C22H25FN2O3/c1-26-20-7-3-2-6-19(20)25-11-9-16(10-12-25)13-24-14-17-15-27-21-8-4-5-18(23)22(21)28-17/h2-8,15-16,24H,9-14H2,1H3. The number of benzene rings is 2. The number of halogens is 1. The Morgan fingerprint density at radius 3 is 2.79 bits per heavy atom. The molecule has 1 N–H and O–H groups in total. The quantitative estimate of drug-likeness (QED) is 0.817. The molecule has 0 amide bonds. The van der Waals surface area contributed by atoms with Gasteiger partial charge in [-0.1, -0.05) is 18.2 Å². The minimum Gasteiger partial charge on any atom is -0.495 e. The van der Waals surface area contributed by atoms with Gasteiger partial charge in [-0.05, 0) is 49.6 Å². The van der Waals surface area contributed by atoms with E-state index in [0.717, 1.165) is 43.9 Å². The van der Waals surface area contributed by atoms with E-state index < -0.39 is 5.82 Å². The zero-order valence-electron chi connectivity index (χ0n) is 16.0. The fraction of sp³-hybridized carbons (Fsp3) is 0.364. The van der Waals surface area contributed by atoms with Crippen LogP contribution in [0.1, 0.15) is 12.8 Å². The van der Waals surface area contributed by atoms with Gasteiger partial charge >= 0.3 is 0 Å². The summed E-state index contributed by atoms with van der Waals surface area (Å²) < 4.78 is 30.4. The van der Waals surface area contributed by atoms with Crippen LogP contribution in [-0.2, 0) is 0 Å². The molecule has 0 unspecified atom stereocenters. The Hall–Kier alpha value is -2.73. The fourth-order valence-corrected chi connectivity index (χ4v) is 3.71. The summed E-state index contributed by atoms with van der Waals surface area (Å²) in [6.45, 7) is 3.42. The van der Waals surface area contributed by atoms with Crippen molar-refractivity contribution in [3.05, 3.63) is 60.3 Å². The number of hydrogen-bond acceptors (Lipinski definition) is 5. The van der Waals surface area contributed by atoms with E-state index in [1.165, 1.54) is 6.07 Å². The van der Waals surface area contributed by atoms with Crippen LogP contribution in [0.2, 0.25) is 0 Å². The van der Waals surface area contributed by atoms with E-state index in [9.17, 15) is 4.39 Å². The van der Waals surface area contributed by atoms with Crippen molar-refractivity contribution in [2.45, 2.75) is 12.8 Å². The summed E-state index contributed by atoms with van der Waals surface area (Å²) in [5, 5.41) is 3.41. The van der Waals surface area contributed by atoms with Gasteiger partial charge in [-0.2, -0.15) is 0 Å². The van der Waals surface area contributed by atoms with Crippen molar-refractivity contribution < 1.29 is 18.6 Å². The van der Waals surface area contributed by atoms with E-state index in [2.05, 4.69) is 16.3 Å². The average Bonchev–Trinajstić information content (AvgIpc) is 2.75. The van der Waals surface area contributed by atoms with Crippen molar-refractivity contribution in [3.8, 4) is 17.2 Å². The lowest BCUT2D eigenvalue weighted by atomic mass is 9.96. The second-order valence-corrected chi connectivity index (χ2v) is 7.10. The molecular formula is C22H25FN2O3. The van der Waals surface area contributed by atoms with Crippen LogP contribution in [0.15, 0.2) is 54.5 Å². The van der Waals surface area contributed by atoms with Crippen LogP contribution in [-0.4, -0.2) is 33.3 Å². The summed E-state index contributed by atoms with van der Waals surface area (Å²) in [7, 11) is 1.71. The van der Waals surface area contributed by atoms with Gasteiger partial charge in [0.1, 0.15) is 12.0 Å². The first kappa shape index (κ1) is 18.6. The maximum absolute atomic E-state index is 13.8. The Morgan fingerprint density at radius 2 is 1.96 bits per heavy atom. The molecule has 0 aromatic heterocycles. The molecule has 2 aromatic rings. The third kappa shape index (κ3) is 4.07. The summed E-state index contributed by atoms with van der Waals surface area (Å²) >= 11 is 0. The lowest BCUT2D eigenvalue weighted by molar-refractivity contribution is 0.294. The first-order valence-corrected chi connectivity index (χ1v) is 9.65. The Morgan fingerprint density at radius 1 is 1.14 bits per heavy atom. The van der Waals surface area contributed by atoms with Crippen LogP contribution < -0.4 is 24.4 Å². The lowest BCUT2D eigenvalue weighted by Crippen LogP contribution is -2.38. The van der Waals surface area contributed by atoms with Crippen LogP contribution in [0, 0.1) is 11.7 Å². The number of anilines is 1. The number of rotatable bonds is 6. The predicted octanol–water partition coefficient (Wildman–Crippen LogP) is 3.95. The highest BCUT2D eigenvalue weighted by Gasteiger charge is 2.22. The minimum atomic E-state index is -0.410. The van der Waals surface area contributed by atoms with Gasteiger partial charge in [0.15, 0.2) is 17.3 Å². The second-order valence-electron chi connectivity index (χ2n) is 7.10. The van der Waals surface area contributed by atoms with Crippen molar-refractivity contribution in [2.75, 3.05) is 38.2 Å². The van der Waals surface area contributed by atoms with E-state index in [4.69, 9.17) is 14.2 Å². The zero-order valence-corrected chi connectivity index (χ0v) is 16.0. The maximum atomic E-state index is 13.8. The Kier molecular flexibility index (Phi) is 5.67. The number of methoxy groups -OCH3 is 1. The third-order valence-corrected chi connectivity index (χ3v) is 5.25. The van der Waals surface area contributed by atoms with Crippen LogP contribution in [0.4, 0.5) is 10.1 Å². The van der Waals surface area contributed by atoms with Crippen LogP contribution >= 0.6 is 0 Å². The smallest absolute Gasteiger partial charge is 0.205 e. The zero-order chi connectivity index (χ0) is 19.3. The molecule has 148 valence electrons. The molecule has 2 aliphatic heterocycles. The van der Waals surface area contributed by atoms with E-state index in [0.29, 0.717) is 24.0 Å². The molecule has 4 rings (SSSR count). The molecule has 0 aliphatic carbocycles. The number of piperidine rings is 1. The molecule has 0 saturated carbocycles. The number of fused-ring (bicyclic) bond motifs is 1. The molecule has 0 radical (unpaired) electrons. The Balaban J connectivity index is 1.23. The average molecular weight is 384 g/mol. The largest absolute Gasteiger partial charge is 0.495 e. The maximum Gasteiger partial charge on any atom is 0.205 e. The number of hydrogen-bond donors (Lipinski definition) is 1. The van der Waals surface area contributed by atoms with Gasteiger partial charge in [-0.3, -0.25) is 0 Å². The van der Waals surface area contributed by atoms with Crippen LogP contribution in [0.25, 0.3) is 0 Å².